The second-order valence-corrected chi connectivity index (χ2v) is 5.46. The molecule has 0 spiro atoms. The van der Waals surface area contributed by atoms with Crippen molar-refractivity contribution in [1.29, 1.82) is 0 Å². The monoisotopic (exact) mass is 324 g/mol. The summed E-state index contributed by atoms with van der Waals surface area (Å²) in [6, 6.07) is 2.51. The van der Waals surface area contributed by atoms with Gasteiger partial charge in [0, 0.05) is 18.5 Å². The second kappa shape index (κ2) is 6.02. The van der Waals surface area contributed by atoms with Gasteiger partial charge in [-0.25, -0.2) is 13.2 Å². The van der Waals surface area contributed by atoms with Gasteiger partial charge in [-0.1, -0.05) is 0 Å². The number of aryl methyl sites for hydroxylation is 1. The lowest BCUT2D eigenvalue weighted by Crippen LogP contribution is -2.28. The normalized spacial score (nSPS) is 14.8. The molecule has 0 fully saturated rings. The smallest absolute Gasteiger partial charge is 0.266 e. The fraction of sp³-hybridized carbons (Fsp3) is 0.400. The number of carbonyl (C=O) groups excluding carboxylic acids is 1. The first-order valence-corrected chi connectivity index (χ1v) is 7.28. The van der Waals surface area contributed by atoms with Crippen LogP contribution in [0.2, 0.25) is 0 Å². The Morgan fingerprint density at radius 1 is 1.35 bits per heavy atom. The van der Waals surface area contributed by atoms with Crippen LogP contribution in [0.3, 0.4) is 0 Å². The zero-order valence-electron chi connectivity index (χ0n) is 12.4. The molecule has 1 aliphatic heterocycles. The average molecular weight is 324 g/mol. The van der Waals surface area contributed by atoms with E-state index in [4.69, 9.17) is 0 Å². The van der Waals surface area contributed by atoms with Gasteiger partial charge in [-0.15, -0.1) is 10.2 Å². The molecule has 2 aromatic rings. The van der Waals surface area contributed by atoms with Gasteiger partial charge in [0.25, 0.3) is 12.3 Å². The lowest BCUT2D eigenvalue weighted by Gasteiger charge is -2.14. The summed E-state index contributed by atoms with van der Waals surface area (Å²) in [5.74, 6) is -0.125. The van der Waals surface area contributed by atoms with E-state index in [1.807, 2.05) is 4.57 Å². The number of hydrogen-bond donors (Lipinski definition) is 1. The minimum Gasteiger partial charge on any atom is -0.342 e. The summed E-state index contributed by atoms with van der Waals surface area (Å²) in [5.41, 5.74) is -0.732. The third-order valence-corrected chi connectivity index (χ3v) is 3.87. The Balaban J connectivity index is 1.75. The number of carbonyl (C=O) groups is 1. The van der Waals surface area contributed by atoms with Crippen LogP contribution in [0.4, 0.5) is 13.2 Å². The van der Waals surface area contributed by atoms with Crippen LogP contribution in [0, 0.1) is 5.82 Å². The van der Waals surface area contributed by atoms with Crippen LogP contribution >= 0.6 is 0 Å². The molecule has 1 unspecified atom stereocenters. The quantitative estimate of drug-likeness (QED) is 0.941. The number of nitrogens with one attached hydrogen (secondary N) is 1. The molecule has 1 N–H and O–H groups in total. The molecule has 1 atom stereocenters. The molecule has 0 saturated carbocycles. The largest absolute Gasteiger partial charge is 0.342 e. The van der Waals surface area contributed by atoms with E-state index in [1.165, 1.54) is 6.07 Å². The summed E-state index contributed by atoms with van der Waals surface area (Å²) in [6.07, 6.45) is -1.07. The van der Waals surface area contributed by atoms with Crippen molar-refractivity contribution in [2.45, 2.75) is 38.8 Å². The van der Waals surface area contributed by atoms with Crippen molar-refractivity contribution in [3.63, 3.8) is 0 Å². The first kappa shape index (κ1) is 15.5. The van der Waals surface area contributed by atoms with Gasteiger partial charge < -0.3 is 9.88 Å². The molecule has 5 nitrogen and oxygen atoms in total. The summed E-state index contributed by atoms with van der Waals surface area (Å²) in [4.78, 5) is 12.2. The van der Waals surface area contributed by atoms with Crippen LogP contribution in [0.25, 0.3) is 0 Å². The number of benzene rings is 1. The zero-order chi connectivity index (χ0) is 16.6. The lowest BCUT2D eigenvalue weighted by atomic mass is 10.1. The number of halogens is 3. The summed E-state index contributed by atoms with van der Waals surface area (Å²) < 4.78 is 40.6. The maximum absolute atomic E-state index is 13.6. The molecule has 2 heterocycles. The lowest BCUT2D eigenvalue weighted by molar-refractivity contribution is 0.0936. The van der Waals surface area contributed by atoms with E-state index in [0.29, 0.717) is 5.82 Å². The van der Waals surface area contributed by atoms with Crippen LogP contribution in [0.1, 0.15) is 53.4 Å². The molecule has 0 saturated heterocycles. The van der Waals surface area contributed by atoms with Crippen molar-refractivity contribution in [3.05, 3.63) is 46.8 Å². The molecule has 1 amide bonds. The van der Waals surface area contributed by atoms with Crippen molar-refractivity contribution in [2.24, 2.45) is 0 Å². The Morgan fingerprint density at radius 3 is 2.83 bits per heavy atom. The van der Waals surface area contributed by atoms with E-state index in [0.717, 1.165) is 37.3 Å². The summed E-state index contributed by atoms with van der Waals surface area (Å²) >= 11 is 0. The molecule has 122 valence electrons. The highest BCUT2D eigenvalue weighted by Crippen LogP contribution is 2.23. The molecule has 1 aromatic heterocycles. The van der Waals surface area contributed by atoms with E-state index in [9.17, 15) is 18.0 Å². The SMILES string of the molecule is CC(NC(=O)c1ccc(C(F)F)c(F)c1)c1nnc2n1CCC2. The fourth-order valence-electron chi connectivity index (χ4n) is 2.68. The van der Waals surface area contributed by atoms with Gasteiger partial charge in [0.05, 0.1) is 11.6 Å². The van der Waals surface area contributed by atoms with E-state index in [-0.39, 0.29) is 5.56 Å². The maximum Gasteiger partial charge on any atom is 0.266 e. The number of aromatic nitrogens is 3. The van der Waals surface area contributed by atoms with E-state index < -0.39 is 29.8 Å². The maximum atomic E-state index is 13.6. The van der Waals surface area contributed by atoms with Crippen LogP contribution in [-0.4, -0.2) is 20.7 Å². The van der Waals surface area contributed by atoms with Gasteiger partial charge in [0.1, 0.15) is 11.6 Å². The van der Waals surface area contributed by atoms with E-state index in [1.54, 1.807) is 6.92 Å². The second-order valence-electron chi connectivity index (χ2n) is 5.46. The number of amides is 1. The number of fused-ring (bicyclic) bond motifs is 1. The van der Waals surface area contributed by atoms with Gasteiger partial charge >= 0.3 is 0 Å². The van der Waals surface area contributed by atoms with Crippen molar-refractivity contribution >= 4 is 5.91 Å². The number of hydrogen-bond acceptors (Lipinski definition) is 3. The van der Waals surface area contributed by atoms with Gasteiger partial charge in [-0.3, -0.25) is 4.79 Å². The van der Waals surface area contributed by atoms with Gasteiger partial charge in [-0.05, 0) is 31.5 Å². The van der Waals surface area contributed by atoms with E-state index in [2.05, 4.69) is 15.5 Å². The third-order valence-electron chi connectivity index (χ3n) is 3.87. The zero-order valence-corrected chi connectivity index (χ0v) is 12.4. The number of nitrogens with zero attached hydrogens (tertiary/aromatic N) is 3. The Bertz CT molecular complexity index is 744. The van der Waals surface area contributed by atoms with Crippen LogP contribution in [0.15, 0.2) is 18.2 Å². The Hall–Kier alpha value is -2.38. The van der Waals surface area contributed by atoms with Crippen molar-refractivity contribution in [3.8, 4) is 0 Å². The highest BCUT2D eigenvalue weighted by atomic mass is 19.3. The molecule has 3 rings (SSSR count). The third kappa shape index (κ3) is 2.93. The molecule has 0 aliphatic carbocycles. The van der Waals surface area contributed by atoms with Gasteiger partial charge in [0.15, 0.2) is 5.82 Å². The summed E-state index contributed by atoms with van der Waals surface area (Å²) in [6.45, 7) is 2.55. The molecular formula is C15H15F3N4O. The standard InChI is InChI=1S/C15H15F3N4O/c1-8(14-21-20-12-3-2-6-22(12)14)19-15(23)9-4-5-10(13(17)18)11(16)7-9/h4-5,7-8,13H,2-3,6H2,1H3,(H,19,23). The highest BCUT2D eigenvalue weighted by molar-refractivity contribution is 5.94. The number of alkyl halides is 2. The van der Waals surface area contributed by atoms with Gasteiger partial charge in [-0.2, -0.15) is 0 Å². The van der Waals surface area contributed by atoms with Crippen LogP contribution in [-0.2, 0) is 13.0 Å². The Labute approximate surface area is 130 Å². The topological polar surface area (TPSA) is 59.8 Å². The Kier molecular flexibility index (Phi) is 4.06. The van der Waals surface area contributed by atoms with Gasteiger partial charge in [0.2, 0.25) is 0 Å². The Morgan fingerprint density at radius 2 is 2.13 bits per heavy atom. The molecule has 0 radical (unpaired) electrons. The summed E-state index contributed by atoms with van der Waals surface area (Å²) in [7, 11) is 0. The van der Waals surface area contributed by atoms with E-state index >= 15 is 0 Å². The van der Waals surface area contributed by atoms with Crippen molar-refractivity contribution in [2.75, 3.05) is 0 Å². The first-order valence-electron chi connectivity index (χ1n) is 7.28. The predicted octanol–water partition coefficient (Wildman–Crippen LogP) is 2.79. The van der Waals surface area contributed by atoms with Crippen molar-refractivity contribution < 1.29 is 18.0 Å². The van der Waals surface area contributed by atoms with Crippen LogP contribution in [0.5, 0.6) is 0 Å². The molecule has 8 heteroatoms. The fourth-order valence-corrected chi connectivity index (χ4v) is 2.68. The molecule has 1 aliphatic rings. The molecule has 23 heavy (non-hydrogen) atoms. The number of rotatable bonds is 4. The minimum absolute atomic E-state index is 0.0140. The predicted molar refractivity (Wildman–Crippen MR) is 75.6 cm³/mol. The van der Waals surface area contributed by atoms with Crippen molar-refractivity contribution in [1.82, 2.24) is 20.1 Å². The summed E-state index contributed by atoms with van der Waals surface area (Å²) in [5, 5.41) is 10.8. The molecule has 0 bridgehead atoms. The molecule has 1 aromatic carbocycles. The highest BCUT2D eigenvalue weighted by Gasteiger charge is 2.23. The average Bonchev–Trinajstić information content (AvgIpc) is 3.09. The molecular weight excluding hydrogens is 309 g/mol. The van der Waals surface area contributed by atoms with Crippen LogP contribution < -0.4 is 5.32 Å². The first-order chi connectivity index (χ1) is 11.0. The minimum atomic E-state index is -2.91.